The van der Waals surface area contributed by atoms with Gasteiger partial charge in [0.2, 0.25) is 0 Å². The standard InChI is InChI=1S/C16H30N2O3/c1-5-17-12-15-11-16(21-14(15)2)13-18(8-10-20-4)7-6-9-19-3/h11,17H,5-10,12-13H2,1-4H3. The van der Waals surface area contributed by atoms with Crippen LogP contribution in [0.15, 0.2) is 10.5 Å². The third-order valence-electron chi connectivity index (χ3n) is 3.45. The maximum Gasteiger partial charge on any atom is 0.118 e. The Balaban J connectivity index is 2.55. The van der Waals surface area contributed by atoms with Crippen molar-refractivity contribution in [3.05, 3.63) is 23.2 Å². The lowest BCUT2D eigenvalue weighted by molar-refractivity contribution is 0.124. The Hall–Kier alpha value is -0.880. The van der Waals surface area contributed by atoms with Crippen molar-refractivity contribution in [3.63, 3.8) is 0 Å². The summed E-state index contributed by atoms with van der Waals surface area (Å²) in [6, 6.07) is 2.16. The van der Waals surface area contributed by atoms with E-state index in [1.807, 2.05) is 6.92 Å². The summed E-state index contributed by atoms with van der Waals surface area (Å²) in [5.41, 5.74) is 1.25. The van der Waals surface area contributed by atoms with Gasteiger partial charge in [0.25, 0.3) is 0 Å². The molecule has 1 aromatic heterocycles. The summed E-state index contributed by atoms with van der Waals surface area (Å²) >= 11 is 0. The average molecular weight is 298 g/mol. The lowest BCUT2D eigenvalue weighted by Gasteiger charge is -2.20. The fourth-order valence-electron chi connectivity index (χ4n) is 2.24. The first-order valence-corrected chi connectivity index (χ1v) is 7.70. The molecule has 0 bridgehead atoms. The minimum Gasteiger partial charge on any atom is -0.465 e. The van der Waals surface area contributed by atoms with E-state index in [-0.39, 0.29) is 0 Å². The van der Waals surface area contributed by atoms with Crippen LogP contribution in [-0.4, -0.2) is 52.0 Å². The summed E-state index contributed by atoms with van der Waals surface area (Å²) in [5, 5.41) is 3.34. The molecule has 0 radical (unpaired) electrons. The van der Waals surface area contributed by atoms with Gasteiger partial charge in [0.05, 0.1) is 13.2 Å². The minimum absolute atomic E-state index is 0.733. The Morgan fingerprint density at radius 2 is 1.95 bits per heavy atom. The summed E-state index contributed by atoms with van der Waals surface area (Å²) in [7, 11) is 3.47. The van der Waals surface area contributed by atoms with Crippen LogP contribution in [0.5, 0.6) is 0 Å². The lowest BCUT2D eigenvalue weighted by atomic mass is 10.2. The Bertz CT molecular complexity index is 380. The van der Waals surface area contributed by atoms with E-state index in [9.17, 15) is 0 Å². The second-order valence-corrected chi connectivity index (χ2v) is 5.19. The normalized spacial score (nSPS) is 11.5. The van der Waals surface area contributed by atoms with Gasteiger partial charge in [0.1, 0.15) is 11.5 Å². The number of hydrogen-bond acceptors (Lipinski definition) is 5. The van der Waals surface area contributed by atoms with Gasteiger partial charge in [-0.3, -0.25) is 4.90 Å². The van der Waals surface area contributed by atoms with Crippen LogP contribution in [-0.2, 0) is 22.6 Å². The molecule has 0 saturated carbocycles. The Morgan fingerprint density at radius 1 is 1.19 bits per heavy atom. The molecule has 0 aliphatic heterocycles. The second-order valence-electron chi connectivity index (χ2n) is 5.19. The molecule has 0 aliphatic carbocycles. The highest BCUT2D eigenvalue weighted by molar-refractivity contribution is 5.20. The van der Waals surface area contributed by atoms with Crippen LogP contribution >= 0.6 is 0 Å². The third kappa shape index (κ3) is 7.09. The van der Waals surface area contributed by atoms with Crippen molar-refractivity contribution in [1.82, 2.24) is 10.2 Å². The van der Waals surface area contributed by atoms with Gasteiger partial charge in [-0.15, -0.1) is 0 Å². The Kier molecular flexibility index (Phi) is 9.34. The van der Waals surface area contributed by atoms with Gasteiger partial charge in [0.15, 0.2) is 0 Å². The monoisotopic (exact) mass is 298 g/mol. The third-order valence-corrected chi connectivity index (χ3v) is 3.45. The number of nitrogens with zero attached hydrogens (tertiary/aromatic N) is 1. The Morgan fingerprint density at radius 3 is 2.62 bits per heavy atom. The van der Waals surface area contributed by atoms with E-state index < -0.39 is 0 Å². The number of furan rings is 1. The molecule has 1 N–H and O–H groups in total. The first-order valence-electron chi connectivity index (χ1n) is 7.70. The summed E-state index contributed by atoms with van der Waals surface area (Å²) < 4.78 is 16.2. The molecule has 0 aromatic carbocycles. The number of aryl methyl sites for hydroxylation is 1. The van der Waals surface area contributed by atoms with Gasteiger partial charge in [-0.05, 0) is 26.0 Å². The smallest absolute Gasteiger partial charge is 0.118 e. The minimum atomic E-state index is 0.733. The number of rotatable bonds is 12. The number of hydrogen-bond donors (Lipinski definition) is 1. The summed E-state index contributed by atoms with van der Waals surface area (Å²) in [6.07, 6.45) is 1.02. The van der Waals surface area contributed by atoms with E-state index >= 15 is 0 Å². The molecular formula is C16H30N2O3. The molecule has 1 heterocycles. The zero-order valence-corrected chi connectivity index (χ0v) is 13.9. The van der Waals surface area contributed by atoms with Gasteiger partial charge in [-0.2, -0.15) is 0 Å². The highest BCUT2D eigenvalue weighted by Crippen LogP contribution is 2.16. The van der Waals surface area contributed by atoms with Gasteiger partial charge >= 0.3 is 0 Å². The molecule has 0 fully saturated rings. The topological polar surface area (TPSA) is 46.9 Å². The van der Waals surface area contributed by atoms with Crippen LogP contribution in [0.1, 0.15) is 30.4 Å². The van der Waals surface area contributed by atoms with Crippen LogP contribution in [0.3, 0.4) is 0 Å². The number of ether oxygens (including phenoxy) is 2. The van der Waals surface area contributed by atoms with E-state index in [4.69, 9.17) is 13.9 Å². The van der Waals surface area contributed by atoms with Crippen LogP contribution in [0, 0.1) is 6.92 Å². The van der Waals surface area contributed by atoms with E-state index in [1.54, 1.807) is 14.2 Å². The maximum atomic E-state index is 5.87. The quantitative estimate of drug-likeness (QED) is 0.599. The van der Waals surface area contributed by atoms with Crippen LogP contribution < -0.4 is 5.32 Å². The average Bonchev–Trinajstić information content (AvgIpc) is 2.82. The van der Waals surface area contributed by atoms with E-state index in [2.05, 4.69) is 23.2 Å². The zero-order valence-electron chi connectivity index (χ0n) is 13.9. The van der Waals surface area contributed by atoms with Gasteiger partial charge < -0.3 is 19.2 Å². The highest BCUT2D eigenvalue weighted by atomic mass is 16.5. The molecule has 0 spiro atoms. The first-order chi connectivity index (χ1) is 10.2. The molecular weight excluding hydrogens is 268 g/mol. The molecule has 5 heteroatoms. The number of nitrogens with one attached hydrogen (secondary N) is 1. The maximum absolute atomic E-state index is 5.87. The van der Waals surface area contributed by atoms with Crippen molar-refractivity contribution in [2.45, 2.75) is 33.4 Å². The number of methoxy groups -OCH3 is 2. The van der Waals surface area contributed by atoms with Crippen LogP contribution in [0.4, 0.5) is 0 Å². The summed E-state index contributed by atoms with van der Waals surface area (Å²) in [6.45, 7) is 10.2. The van der Waals surface area contributed by atoms with Crippen LogP contribution in [0.2, 0.25) is 0 Å². The highest BCUT2D eigenvalue weighted by Gasteiger charge is 2.11. The summed E-state index contributed by atoms with van der Waals surface area (Å²) in [4.78, 5) is 2.35. The fraction of sp³-hybridized carbons (Fsp3) is 0.750. The van der Waals surface area contributed by atoms with E-state index in [0.717, 1.165) is 63.9 Å². The predicted molar refractivity (Wildman–Crippen MR) is 84.5 cm³/mol. The van der Waals surface area contributed by atoms with Gasteiger partial charge in [0, 0.05) is 46.0 Å². The molecule has 5 nitrogen and oxygen atoms in total. The van der Waals surface area contributed by atoms with Crippen molar-refractivity contribution in [2.24, 2.45) is 0 Å². The van der Waals surface area contributed by atoms with Crippen molar-refractivity contribution in [2.75, 3.05) is 47.1 Å². The zero-order chi connectivity index (χ0) is 15.5. The molecule has 21 heavy (non-hydrogen) atoms. The van der Waals surface area contributed by atoms with Crippen molar-refractivity contribution >= 4 is 0 Å². The molecule has 0 amide bonds. The molecule has 0 unspecified atom stereocenters. The van der Waals surface area contributed by atoms with E-state index in [1.165, 1.54) is 5.56 Å². The van der Waals surface area contributed by atoms with Gasteiger partial charge in [-0.25, -0.2) is 0 Å². The Labute approximate surface area is 128 Å². The molecule has 1 aromatic rings. The molecule has 0 atom stereocenters. The SMILES string of the molecule is CCNCc1cc(CN(CCCOC)CCOC)oc1C. The summed E-state index contributed by atoms with van der Waals surface area (Å²) in [5.74, 6) is 2.03. The molecule has 1 rings (SSSR count). The van der Waals surface area contributed by atoms with Gasteiger partial charge in [-0.1, -0.05) is 6.92 Å². The lowest BCUT2D eigenvalue weighted by Crippen LogP contribution is -2.28. The predicted octanol–water partition coefficient (Wildman–Crippen LogP) is 2.18. The molecule has 122 valence electrons. The van der Waals surface area contributed by atoms with Crippen molar-refractivity contribution in [1.29, 1.82) is 0 Å². The van der Waals surface area contributed by atoms with Crippen molar-refractivity contribution < 1.29 is 13.9 Å². The largest absolute Gasteiger partial charge is 0.465 e. The van der Waals surface area contributed by atoms with E-state index in [0.29, 0.717) is 0 Å². The second kappa shape index (κ2) is 10.8. The van der Waals surface area contributed by atoms with Crippen LogP contribution in [0.25, 0.3) is 0 Å². The first kappa shape index (κ1) is 18.2. The van der Waals surface area contributed by atoms with Crippen molar-refractivity contribution in [3.8, 4) is 0 Å². The molecule has 0 saturated heterocycles. The fourth-order valence-corrected chi connectivity index (χ4v) is 2.24. The molecule has 0 aliphatic rings.